The van der Waals surface area contributed by atoms with Crippen molar-refractivity contribution in [2.45, 2.75) is 58.0 Å². The average molecular weight is 529 g/mol. The molecule has 1 atom stereocenters. The van der Waals surface area contributed by atoms with E-state index in [-0.39, 0.29) is 24.5 Å². The number of amides is 3. The monoisotopic (exact) mass is 528 g/mol. The number of fused-ring (bicyclic) bond motifs is 1. The van der Waals surface area contributed by atoms with E-state index in [2.05, 4.69) is 5.10 Å². The number of hydrazone groups is 1. The lowest BCUT2D eigenvalue weighted by molar-refractivity contribution is -0.143. The highest BCUT2D eigenvalue weighted by molar-refractivity contribution is 6.07. The molecule has 204 valence electrons. The number of ether oxygens (including phenoxy) is 1. The van der Waals surface area contributed by atoms with Gasteiger partial charge in [-0.05, 0) is 66.3 Å². The van der Waals surface area contributed by atoms with Gasteiger partial charge in [0, 0.05) is 13.0 Å². The molecule has 8 heteroatoms. The minimum absolute atomic E-state index is 0.178. The number of esters is 1. The Balaban J connectivity index is 1.51. The number of rotatable bonds is 12. The fraction of sp³-hybridized carbons (Fsp3) is 0.355. The van der Waals surface area contributed by atoms with Crippen LogP contribution in [0.5, 0.6) is 0 Å². The SMILES string of the molecule is CCOC(=O)CCCCCCN1C(=O)N(Cc2ccc3ccc(C=NN)cc3c2)C(=O)C1(C)c1ccccc1. The molecule has 1 aliphatic heterocycles. The lowest BCUT2D eigenvalue weighted by Gasteiger charge is -2.32. The van der Waals surface area contributed by atoms with Crippen molar-refractivity contribution in [2.75, 3.05) is 13.2 Å². The summed E-state index contributed by atoms with van der Waals surface area (Å²) in [6.45, 7) is 4.66. The zero-order valence-electron chi connectivity index (χ0n) is 22.6. The fourth-order valence-corrected chi connectivity index (χ4v) is 5.19. The molecule has 1 unspecified atom stereocenters. The summed E-state index contributed by atoms with van der Waals surface area (Å²) < 4.78 is 4.99. The van der Waals surface area contributed by atoms with Gasteiger partial charge < -0.3 is 15.5 Å². The van der Waals surface area contributed by atoms with Crippen LogP contribution in [0.2, 0.25) is 0 Å². The van der Waals surface area contributed by atoms with Crippen LogP contribution in [0.4, 0.5) is 4.79 Å². The Bertz CT molecular complexity index is 1360. The van der Waals surface area contributed by atoms with Gasteiger partial charge >= 0.3 is 12.0 Å². The molecule has 39 heavy (non-hydrogen) atoms. The third kappa shape index (κ3) is 6.11. The van der Waals surface area contributed by atoms with Gasteiger partial charge in [0.1, 0.15) is 5.54 Å². The van der Waals surface area contributed by atoms with Crippen molar-refractivity contribution in [3.63, 3.8) is 0 Å². The second-order valence-electron chi connectivity index (χ2n) is 9.95. The maximum atomic E-state index is 13.9. The van der Waals surface area contributed by atoms with Gasteiger partial charge in [0.15, 0.2) is 0 Å². The van der Waals surface area contributed by atoms with E-state index in [1.54, 1.807) is 18.0 Å². The summed E-state index contributed by atoms with van der Waals surface area (Å²) in [4.78, 5) is 42.3. The van der Waals surface area contributed by atoms with Crippen molar-refractivity contribution in [1.82, 2.24) is 9.80 Å². The summed E-state index contributed by atoms with van der Waals surface area (Å²) in [6, 6.07) is 21.0. The molecule has 3 amide bonds. The normalized spacial score (nSPS) is 17.5. The fourth-order valence-electron chi connectivity index (χ4n) is 5.19. The Morgan fingerprint density at radius 2 is 1.72 bits per heavy atom. The van der Waals surface area contributed by atoms with E-state index in [0.29, 0.717) is 19.6 Å². The maximum absolute atomic E-state index is 13.9. The van der Waals surface area contributed by atoms with Crippen LogP contribution in [0, 0.1) is 0 Å². The van der Waals surface area contributed by atoms with Gasteiger partial charge in [-0.15, -0.1) is 0 Å². The second-order valence-corrected chi connectivity index (χ2v) is 9.95. The molecule has 1 fully saturated rings. The quantitative estimate of drug-likeness (QED) is 0.0855. The van der Waals surface area contributed by atoms with Crippen LogP contribution in [-0.2, 0) is 26.4 Å². The number of carbonyl (C=O) groups excluding carboxylic acids is 3. The Hall–Kier alpha value is -4.20. The van der Waals surface area contributed by atoms with E-state index in [0.717, 1.165) is 53.1 Å². The number of hydrogen-bond acceptors (Lipinski definition) is 6. The molecular weight excluding hydrogens is 492 g/mol. The summed E-state index contributed by atoms with van der Waals surface area (Å²) in [5, 5.41) is 5.63. The predicted molar refractivity (Wildman–Crippen MR) is 152 cm³/mol. The van der Waals surface area contributed by atoms with Gasteiger partial charge in [-0.2, -0.15) is 5.10 Å². The lowest BCUT2D eigenvalue weighted by Crippen LogP contribution is -2.44. The van der Waals surface area contributed by atoms with Gasteiger partial charge in [0.25, 0.3) is 5.91 Å². The Labute approximate surface area is 229 Å². The largest absolute Gasteiger partial charge is 0.466 e. The van der Waals surface area contributed by atoms with Crippen molar-refractivity contribution in [3.8, 4) is 0 Å². The van der Waals surface area contributed by atoms with Crippen molar-refractivity contribution in [3.05, 3.63) is 83.4 Å². The van der Waals surface area contributed by atoms with Gasteiger partial charge in [0.05, 0.1) is 19.4 Å². The second kappa shape index (κ2) is 12.6. The number of carbonyl (C=O) groups is 3. The van der Waals surface area contributed by atoms with E-state index >= 15 is 0 Å². The molecular formula is C31H36N4O4. The number of urea groups is 1. The highest BCUT2D eigenvalue weighted by atomic mass is 16.5. The van der Waals surface area contributed by atoms with Gasteiger partial charge in [-0.25, -0.2) is 4.79 Å². The first-order valence-electron chi connectivity index (χ1n) is 13.5. The number of hydrogen-bond donors (Lipinski definition) is 1. The first kappa shape index (κ1) is 27.8. The molecule has 2 N–H and O–H groups in total. The third-order valence-corrected chi connectivity index (χ3v) is 7.31. The van der Waals surface area contributed by atoms with Gasteiger partial charge in [-0.3, -0.25) is 14.5 Å². The zero-order chi connectivity index (χ0) is 27.8. The summed E-state index contributed by atoms with van der Waals surface area (Å²) in [6.07, 6.45) is 5.17. The molecule has 4 rings (SSSR count). The highest BCUT2D eigenvalue weighted by Gasteiger charge is 2.54. The zero-order valence-corrected chi connectivity index (χ0v) is 22.6. The van der Waals surface area contributed by atoms with E-state index in [4.69, 9.17) is 10.6 Å². The van der Waals surface area contributed by atoms with Crippen LogP contribution in [0.15, 0.2) is 71.8 Å². The number of imide groups is 1. The summed E-state index contributed by atoms with van der Waals surface area (Å²) in [5.74, 6) is 4.90. The van der Waals surface area contributed by atoms with E-state index in [1.807, 2.05) is 73.7 Å². The standard InChI is InChI=1S/C31H36N4O4/c1-3-39-28(36)13-9-4-5-10-18-35-30(38)34(29(37)31(35,2)27-11-7-6-8-12-27)22-24-15-17-25-16-14-23(21-33-32)19-26(25)20-24/h6-8,11-12,14-17,19-21H,3-5,9-10,13,18,22,32H2,1-2H3. The Kier molecular flexibility index (Phi) is 8.96. The highest BCUT2D eigenvalue weighted by Crippen LogP contribution is 2.38. The average Bonchev–Trinajstić information content (AvgIpc) is 3.12. The van der Waals surface area contributed by atoms with Crippen LogP contribution in [0.25, 0.3) is 10.8 Å². The number of nitrogens with zero attached hydrogens (tertiary/aromatic N) is 3. The molecule has 8 nitrogen and oxygen atoms in total. The van der Waals surface area contributed by atoms with Crippen molar-refractivity contribution < 1.29 is 19.1 Å². The van der Waals surface area contributed by atoms with E-state index < -0.39 is 5.54 Å². The Morgan fingerprint density at radius 3 is 2.46 bits per heavy atom. The van der Waals surface area contributed by atoms with Crippen LogP contribution in [0.3, 0.4) is 0 Å². The number of benzene rings is 3. The number of unbranched alkanes of at least 4 members (excludes halogenated alkanes) is 3. The maximum Gasteiger partial charge on any atom is 0.328 e. The van der Waals surface area contributed by atoms with Crippen molar-refractivity contribution in [2.24, 2.45) is 10.9 Å². The van der Waals surface area contributed by atoms with Gasteiger partial charge in [-0.1, -0.05) is 67.4 Å². The van der Waals surface area contributed by atoms with Crippen LogP contribution in [0.1, 0.15) is 62.6 Å². The van der Waals surface area contributed by atoms with Crippen molar-refractivity contribution >= 4 is 34.9 Å². The van der Waals surface area contributed by atoms with E-state index in [9.17, 15) is 14.4 Å². The minimum atomic E-state index is -1.09. The summed E-state index contributed by atoms with van der Waals surface area (Å²) in [5.41, 5.74) is 1.44. The van der Waals surface area contributed by atoms with Crippen LogP contribution in [-0.4, -0.2) is 47.1 Å². The molecule has 1 heterocycles. The summed E-state index contributed by atoms with van der Waals surface area (Å²) in [7, 11) is 0. The lowest BCUT2D eigenvalue weighted by atomic mass is 9.90. The molecule has 1 saturated heterocycles. The van der Waals surface area contributed by atoms with E-state index in [1.165, 1.54) is 4.90 Å². The van der Waals surface area contributed by atoms with Crippen molar-refractivity contribution in [1.29, 1.82) is 0 Å². The first-order valence-corrected chi connectivity index (χ1v) is 13.5. The summed E-state index contributed by atoms with van der Waals surface area (Å²) >= 11 is 0. The molecule has 0 spiro atoms. The Morgan fingerprint density at radius 1 is 0.974 bits per heavy atom. The molecule has 0 aliphatic carbocycles. The smallest absolute Gasteiger partial charge is 0.328 e. The van der Waals surface area contributed by atoms with Crippen LogP contribution < -0.4 is 5.84 Å². The molecule has 3 aromatic carbocycles. The molecule has 1 aliphatic rings. The third-order valence-electron chi connectivity index (χ3n) is 7.31. The number of nitrogens with two attached hydrogens (primary N) is 1. The molecule has 0 bridgehead atoms. The minimum Gasteiger partial charge on any atom is -0.466 e. The molecule has 0 aromatic heterocycles. The van der Waals surface area contributed by atoms with Gasteiger partial charge in [0.2, 0.25) is 0 Å². The molecule has 3 aromatic rings. The molecule has 0 radical (unpaired) electrons. The molecule has 0 saturated carbocycles. The first-order chi connectivity index (χ1) is 18.9. The predicted octanol–water partition coefficient (Wildman–Crippen LogP) is 5.33. The van der Waals surface area contributed by atoms with Crippen LogP contribution >= 0.6 is 0 Å². The topological polar surface area (TPSA) is 105 Å².